The molecule has 0 aromatic rings. The fourth-order valence-electron chi connectivity index (χ4n) is 0.848. The van der Waals surface area contributed by atoms with E-state index in [4.69, 9.17) is 10.2 Å². The third-order valence-corrected chi connectivity index (χ3v) is 1.63. The van der Waals surface area contributed by atoms with E-state index in [1.54, 1.807) is 0 Å². The van der Waals surface area contributed by atoms with Crippen molar-refractivity contribution in [2.24, 2.45) is 0 Å². The number of urea groups is 1. The first-order valence-electron chi connectivity index (χ1n) is 4.43. The van der Waals surface area contributed by atoms with Crippen molar-refractivity contribution >= 4 is 12.0 Å². The summed E-state index contributed by atoms with van der Waals surface area (Å²) in [5.41, 5.74) is 0. The molecule has 2 atom stereocenters. The topological polar surface area (TPSA) is 108 Å². The average Bonchev–Trinajstić information content (AvgIpc) is 2.13. The molecule has 4 N–H and O–H groups in total. The predicted octanol–water partition coefficient (Wildman–Crippen LogP) is -1.23. The van der Waals surface area contributed by atoms with E-state index < -0.39 is 24.1 Å². The number of amides is 2. The van der Waals surface area contributed by atoms with Crippen LogP contribution in [0.1, 0.15) is 6.92 Å². The Balaban J connectivity index is 3.95. The molecule has 0 saturated carbocycles. The minimum atomic E-state index is -1.31. The highest BCUT2D eigenvalue weighted by Gasteiger charge is 2.24. The van der Waals surface area contributed by atoms with Crippen LogP contribution in [0.25, 0.3) is 0 Å². The Kier molecular flexibility index (Phi) is 6.39. The minimum absolute atomic E-state index is 0.272. The van der Waals surface area contributed by atoms with Gasteiger partial charge in [-0.25, -0.2) is 9.59 Å². The minimum Gasteiger partial charge on any atom is -0.480 e. The van der Waals surface area contributed by atoms with Gasteiger partial charge >= 0.3 is 12.0 Å². The molecule has 7 nitrogen and oxygen atoms in total. The summed E-state index contributed by atoms with van der Waals surface area (Å²) in [4.78, 5) is 21.7. The largest absolute Gasteiger partial charge is 0.480 e. The molecule has 2 unspecified atom stereocenters. The number of aliphatic carboxylic acids is 1. The highest BCUT2D eigenvalue weighted by Crippen LogP contribution is 1.92. The number of nitrogens with one attached hydrogen (secondary N) is 2. The molecule has 2 amide bonds. The second-order valence-electron chi connectivity index (χ2n) is 2.95. The molecule has 0 aromatic heterocycles. The van der Waals surface area contributed by atoms with Crippen LogP contribution >= 0.6 is 0 Å². The third kappa shape index (κ3) is 5.87. The van der Waals surface area contributed by atoms with E-state index >= 15 is 0 Å². The van der Waals surface area contributed by atoms with Crippen molar-refractivity contribution in [3.63, 3.8) is 0 Å². The standard InChI is InChI=1S/C8H16N2O5/c1-5(11)6(7(12)13)10-8(14)9-3-4-15-2/h5-6,11H,3-4H2,1-2H3,(H,12,13)(H2,9,10,14). The van der Waals surface area contributed by atoms with E-state index in [0.717, 1.165) is 0 Å². The number of rotatable bonds is 6. The molecule has 0 rings (SSSR count). The molecular formula is C8H16N2O5. The van der Waals surface area contributed by atoms with Gasteiger partial charge in [0.15, 0.2) is 6.04 Å². The van der Waals surface area contributed by atoms with Crippen LogP contribution in [0.5, 0.6) is 0 Å². The molecule has 0 bridgehead atoms. The Morgan fingerprint density at radius 3 is 2.47 bits per heavy atom. The molecule has 0 aromatic carbocycles. The average molecular weight is 220 g/mol. The maximum absolute atomic E-state index is 11.1. The Hall–Kier alpha value is -1.34. The number of ether oxygens (including phenoxy) is 1. The van der Waals surface area contributed by atoms with Crippen molar-refractivity contribution in [2.75, 3.05) is 20.3 Å². The summed E-state index contributed by atoms with van der Waals surface area (Å²) in [5, 5.41) is 22.2. The van der Waals surface area contributed by atoms with Gasteiger partial charge < -0.3 is 25.6 Å². The molecule has 0 fully saturated rings. The van der Waals surface area contributed by atoms with Crippen LogP contribution in [-0.4, -0.2) is 54.6 Å². The summed E-state index contributed by atoms with van der Waals surface area (Å²) in [6, 6.07) is -1.96. The summed E-state index contributed by atoms with van der Waals surface area (Å²) < 4.78 is 4.68. The van der Waals surface area contributed by atoms with Crippen molar-refractivity contribution in [3.05, 3.63) is 0 Å². The van der Waals surface area contributed by atoms with Gasteiger partial charge in [-0.3, -0.25) is 0 Å². The van der Waals surface area contributed by atoms with Gasteiger partial charge in [-0.05, 0) is 6.92 Å². The van der Waals surface area contributed by atoms with Crippen LogP contribution in [0.4, 0.5) is 4.79 Å². The van der Waals surface area contributed by atoms with Gasteiger partial charge in [-0.1, -0.05) is 0 Å². The SMILES string of the molecule is COCCNC(=O)NC(C(=O)O)C(C)O. The number of aliphatic hydroxyl groups is 1. The quantitative estimate of drug-likeness (QED) is 0.419. The first kappa shape index (κ1) is 13.7. The molecule has 15 heavy (non-hydrogen) atoms. The highest BCUT2D eigenvalue weighted by atomic mass is 16.5. The number of carboxylic acids is 1. The summed E-state index contributed by atoms with van der Waals surface area (Å²) in [6.45, 7) is 1.89. The summed E-state index contributed by atoms with van der Waals surface area (Å²) in [5.74, 6) is -1.29. The van der Waals surface area contributed by atoms with Crippen molar-refractivity contribution in [3.8, 4) is 0 Å². The predicted molar refractivity (Wildman–Crippen MR) is 51.5 cm³/mol. The van der Waals surface area contributed by atoms with E-state index in [1.807, 2.05) is 0 Å². The molecule has 7 heteroatoms. The zero-order valence-corrected chi connectivity index (χ0v) is 8.69. The lowest BCUT2D eigenvalue weighted by molar-refractivity contribution is -0.141. The van der Waals surface area contributed by atoms with Gasteiger partial charge in [0.1, 0.15) is 0 Å². The van der Waals surface area contributed by atoms with Crippen LogP contribution < -0.4 is 10.6 Å². The fourth-order valence-corrected chi connectivity index (χ4v) is 0.848. The van der Waals surface area contributed by atoms with Gasteiger partial charge in [-0.15, -0.1) is 0 Å². The van der Waals surface area contributed by atoms with Gasteiger partial charge in [-0.2, -0.15) is 0 Å². The number of carbonyl (C=O) groups excluding carboxylic acids is 1. The van der Waals surface area contributed by atoms with Crippen LogP contribution in [0.15, 0.2) is 0 Å². The summed E-state index contributed by atoms with van der Waals surface area (Å²) >= 11 is 0. The Morgan fingerprint density at radius 1 is 1.47 bits per heavy atom. The Labute approximate surface area is 87.4 Å². The monoisotopic (exact) mass is 220 g/mol. The van der Waals surface area contributed by atoms with Crippen LogP contribution in [0, 0.1) is 0 Å². The van der Waals surface area contributed by atoms with Gasteiger partial charge in [0.2, 0.25) is 0 Å². The number of hydrogen-bond acceptors (Lipinski definition) is 4. The number of hydrogen-bond donors (Lipinski definition) is 4. The molecule has 0 radical (unpaired) electrons. The molecule has 0 spiro atoms. The zero-order valence-electron chi connectivity index (χ0n) is 8.69. The molecule has 0 heterocycles. The third-order valence-electron chi connectivity index (χ3n) is 1.63. The van der Waals surface area contributed by atoms with Crippen LogP contribution in [0.2, 0.25) is 0 Å². The lowest BCUT2D eigenvalue weighted by Crippen LogP contribution is -2.51. The summed E-state index contributed by atoms with van der Waals surface area (Å²) in [6.07, 6.45) is -1.16. The van der Waals surface area contributed by atoms with Gasteiger partial charge in [0.05, 0.1) is 12.7 Å². The van der Waals surface area contributed by atoms with Crippen molar-refractivity contribution in [2.45, 2.75) is 19.1 Å². The molecule has 0 aliphatic carbocycles. The smallest absolute Gasteiger partial charge is 0.328 e. The van der Waals surface area contributed by atoms with Gasteiger partial charge in [0, 0.05) is 13.7 Å². The second kappa shape index (κ2) is 7.02. The van der Waals surface area contributed by atoms with Crippen molar-refractivity contribution in [1.29, 1.82) is 0 Å². The summed E-state index contributed by atoms with van der Waals surface area (Å²) in [7, 11) is 1.48. The Morgan fingerprint density at radius 2 is 2.07 bits per heavy atom. The van der Waals surface area contributed by atoms with Crippen molar-refractivity contribution < 1.29 is 24.5 Å². The van der Waals surface area contributed by atoms with E-state index in [9.17, 15) is 9.59 Å². The Bertz CT molecular complexity index is 219. The normalized spacial score (nSPS) is 14.1. The van der Waals surface area contributed by atoms with Crippen LogP contribution in [0.3, 0.4) is 0 Å². The maximum atomic E-state index is 11.1. The number of carbonyl (C=O) groups is 2. The number of aliphatic hydroxyl groups excluding tert-OH is 1. The van der Waals surface area contributed by atoms with Gasteiger partial charge in [0.25, 0.3) is 0 Å². The molecule has 0 aliphatic rings. The van der Waals surface area contributed by atoms with E-state index in [0.29, 0.717) is 6.61 Å². The fraction of sp³-hybridized carbons (Fsp3) is 0.750. The van der Waals surface area contributed by atoms with E-state index in [-0.39, 0.29) is 6.54 Å². The lowest BCUT2D eigenvalue weighted by Gasteiger charge is -2.17. The maximum Gasteiger partial charge on any atom is 0.328 e. The number of carboxylic acid groups (broad SMARTS) is 1. The molecule has 0 saturated heterocycles. The number of methoxy groups -OCH3 is 1. The molecular weight excluding hydrogens is 204 g/mol. The molecule has 88 valence electrons. The first-order valence-corrected chi connectivity index (χ1v) is 4.43. The van der Waals surface area contributed by atoms with Crippen LogP contribution in [-0.2, 0) is 9.53 Å². The zero-order chi connectivity index (χ0) is 11.8. The first-order chi connectivity index (χ1) is 6.99. The van der Waals surface area contributed by atoms with E-state index in [1.165, 1.54) is 14.0 Å². The molecule has 0 aliphatic heterocycles. The van der Waals surface area contributed by atoms with E-state index in [2.05, 4.69) is 15.4 Å². The van der Waals surface area contributed by atoms with Crippen molar-refractivity contribution in [1.82, 2.24) is 10.6 Å². The highest BCUT2D eigenvalue weighted by molar-refractivity contribution is 5.82. The lowest BCUT2D eigenvalue weighted by atomic mass is 10.2. The second-order valence-corrected chi connectivity index (χ2v) is 2.95.